The summed E-state index contributed by atoms with van der Waals surface area (Å²) in [6.07, 6.45) is 11.6. The monoisotopic (exact) mass is 546 g/mol. The van der Waals surface area contributed by atoms with Gasteiger partial charge in [-0.3, -0.25) is 0 Å². The molecule has 4 fully saturated rings. The molecule has 5 aliphatic rings. The SMILES string of the molecule is CSc1ccc(Cl)c(C[C@]23CCC4(C[C@]2(O)CC[C@@H]2C3=CC[C@]3(C)[C@@H](O)CC[C@@H]23)OCC(C)(C)CO4)c1. The lowest BCUT2D eigenvalue weighted by Crippen LogP contribution is -2.66. The molecule has 1 heterocycles. The zero-order valence-corrected chi connectivity index (χ0v) is 24.4. The molecule has 4 aliphatic carbocycles. The fourth-order valence-electron chi connectivity index (χ4n) is 8.75. The molecule has 4 nitrogen and oxygen atoms in total. The van der Waals surface area contributed by atoms with Gasteiger partial charge in [-0.25, -0.2) is 0 Å². The highest BCUT2D eigenvalue weighted by atomic mass is 35.5. The minimum absolute atomic E-state index is 0.00842. The maximum absolute atomic E-state index is 12.8. The largest absolute Gasteiger partial charge is 0.393 e. The summed E-state index contributed by atoms with van der Waals surface area (Å²) in [5, 5.41) is 24.5. The van der Waals surface area contributed by atoms with Crippen LogP contribution < -0.4 is 0 Å². The van der Waals surface area contributed by atoms with Gasteiger partial charge in [-0.05, 0) is 86.8 Å². The number of rotatable bonds is 3. The van der Waals surface area contributed by atoms with E-state index >= 15 is 0 Å². The van der Waals surface area contributed by atoms with E-state index < -0.39 is 16.8 Å². The Morgan fingerprint density at radius 1 is 1.05 bits per heavy atom. The number of hydrogen-bond acceptors (Lipinski definition) is 5. The molecule has 0 radical (unpaired) electrons. The van der Waals surface area contributed by atoms with Gasteiger partial charge in [-0.15, -0.1) is 11.8 Å². The van der Waals surface area contributed by atoms with E-state index in [0.717, 1.165) is 62.0 Å². The third kappa shape index (κ3) is 4.09. The molecular formula is C31H43ClO4S. The second kappa shape index (κ2) is 8.97. The van der Waals surface area contributed by atoms with Crippen LogP contribution in [-0.2, 0) is 15.9 Å². The average molecular weight is 547 g/mol. The third-order valence-electron chi connectivity index (χ3n) is 11.0. The normalized spacial score (nSPS) is 42.0. The second-order valence-corrected chi connectivity index (χ2v) is 15.1. The molecule has 1 spiro atoms. The molecule has 1 saturated heterocycles. The van der Waals surface area contributed by atoms with Crippen molar-refractivity contribution in [1.82, 2.24) is 0 Å². The van der Waals surface area contributed by atoms with Crippen LogP contribution in [0.25, 0.3) is 0 Å². The van der Waals surface area contributed by atoms with Gasteiger partial charge in [0.1, 0.15) is 0 Å². The Kier molecular flexibility index (Phi) is 6.46. The van der Waals surface area contributed by atoms with Crippen molar-refractivity contribution in [1.29, 1.82) is 0 Å². The van der Waals surface area contributed by atoms with E-state index in [4.69, 9.17) is 21.1 Å². The van der Waals surface area contributed by atoms with E-state index in [1.807, 2.05) is 6.07 Å². The second-order valence-electron chi connectivity index (χ2n) is 13.8. The van der Waals surface area contributed by atoms with Gasteiger partial charge in [0.25, 0.3) is 0 Å². The first-order valence-electron chi connectivity index (χ1n) is 14.2. The Hall–Kier alpha value is -0.560. The third-order valence-corrected chi connectivity index (χ3v) is 12.1. The minimum atomic E-state index is -0.932. The van der Waals surface area contributed by atoms with Crippen molar-refractivity contribution in [3.05, 3.63) is 40.4 Å². The molecule has 2 N–H and O–H groups in total. The molecule has 3 saturated carbocycles. The van der Waals surface area contributed by atoms with Crippen molar-refractivity contribution in [2.75, 3.05) is 19.5 Å². The van der Waals surface area contributed by atoms with Crippen LogP contribution in [0.5, 0.6) is 0 Å². The molecule has 204 valence electrons. The molecule has 1 aromatic carbocycles. The van der Waals surface area contributed by atoms with Crippen LogP contribution in [0.2, 0.25) is 5.02 Å². The topological polar surface area (TPSA) is 58.9 Å². The molecule has 6 rings (SSSR count). The van der Waals surface area contributed by atoms with Gasteiger partial charge in [-0.2, -0.15) is 0 Å². The standard InChI is InChI=1S/C31H43ClO4S/c1-27(2)18-35-31(36-19-27)14-13-29(16-20-15-21(37-4)5-7-25(20)32)24-10-11-28(3)23(6-8-26(28)33)22(24)9-12-30(29,34)17-31/h5,7,10,15,22-23,26,33-34H,6,8-9,11-14,16-19H2,1-4H3/t22-,23-,26-,28-,29-,30+/m0/s1. The zero-order valence-electron chi connectivity index (χ0n) is 22.8. The molecule has 1 aromatic rings. The first kappa shape index (κ1) is 26.7. The average Bonchev–Trinajstić information content (AvgIpc) is 3.17. The predicted molar refractivity (Wildman–Crippen MR) is 149 cm³/mol. The van der Waals surface area contributed by atoms with Crippen molar-refractivity contribution < 1.29 is 19.7 Å². The summed E-state index contributed by atoms with van der Waals surface area (Å²) in [4.78, 5) is 1.20. The fraction of sp³-hybridized carbons (Fsp3) is 0.742. The molecule has 0 aromatic heterocycles. The van der Waals surface area contributed by atoms with Crippen LogP contribution in [-0.4, -0.2) is 47.2 Å². The lowest BCUT2D eigenvalue weighted by atomic mass is 9.45. The van der Waals surface area contributed by atoms with Crippen molar-refractivity contribution in [2.24, 2.45) is 28.1 Å². The minimum Gasteiger partial charge on any atom is -0.393 e. The number of thioether (sulfide) groups is 1. The van der Waals surface area contributed by atoms with Crippen molar-refractivity contribution >= 4 is 23.4 Å². The van der Waals surface area contributed by atoms with E-state index in [9.17, 15) is 10.2 Å². The van der Waals surface area contributed by atoms with Gasteiger partial charge in [0.15, 0.2) is 5.79 Å². The number of hydrogen-bond donors (Lipinski definition) is 2. The highest BCUT2D eigenvalue weighted by Crippen LogP contribution is 2.68. The van der Waals surface area contributed by atoms with Crippen LogP contribution in [0.15, 0.2) is 34.7 Å². The van der Waals surface area contributed by atoms with E-state index in [1.165, 1.54) is 10.5 Å². The summed E-state index contributed by atoms with van der Waals surface area (Å²) in [6, 6.07) is 6.31. The van der Waals surface area contributed by atoms with Crippen LogP contribution in [0, 0.1) is 28.1 Å². The van der Waals surface area contributed by atoms with Crippen LogP contribution >= 0.6 is 23.4 Å². The maximum Gasteiger partial charge on any atom is 0.171 e. The summed E-state index contributed by atoms with van der Waals surface area (Å²) in [6.45, 7) is 7.94. The van der Waals surface area contributed by atoms with Gasteiger partial charge in [-0.1, -0.05) is 44.0 Å². The molecule has 37 heavy (non-hydrogen) atoms. The first-order chi connectivity index (χ1) is 17.4. The predicted octanol–water partition coefficient (Wildman–Crippen LogP) is 6.79. The Bertz CT molecular complexity index is 1090. The number of aliphatic hydroxyl groups excluding tert-OH is 1. The van der Waals surface area contributed by atoms with Gasteiger partial charge in [0, 0.05) is 39.0 Å². The van der Waals surface area contributed by atoms with Crippen LogP contribution in [0.1, 0.15) is 77.7 Å². The van der Waals surface area contributed by atoms with Gasteiger partial charge in [0.05, 0.1) is 24.9 Å². The van der Waals surface area contributed by atoms with Crippen molar-refractivity contribution in [3.8, 4) is 0 Å². The van der Waals surface area contributed by atoms with Crippen molar-refractivity contribution in [2.45, 2.75) is 101 Å². The van der Waals surface area contributed by atoms with Crippen molar-refractivity contribution in [3.63, 3.8) is 0 Å². The number of aliphatic hydroxyl groups is 2. The summed E-state index contributed by atoms with van der Waals surface area (Å²) < 4.78 is 12.9. The summed E-state index contributed by atoms with van der Waals surface area (Å²) in [7, 11) is 0. The van der Waals surface area contributed by atoms with E-state index in [2.05, 4.69) is 45.2 Å². The number of ether oxygens (including phenoxy) is 2. The van der Waals surface area contributed by atoms with Gasteiger partial charge in [0.2, 0.25) is 0 Å². The molecule has 0 unspecified atom stereocenters. The molecule has 6 atom stereocenters. The summed E-state index contributed by atoms with van der Waals surface area (Å²) in [5.74, 6) is 0.161. The molecule has 0 bridgehead atoms. The Labute approximate surface area is 231 Å². The summed E-state index contributed by atoms with van der Waals surface area (Å²) >= 11 is 8.56. The van der Waals surface area contributed by atoms with Gasteiger partial charge >= 0.3 is 0 Å². The smallest absolute Gasteiger partial charge is 0.171 e. The quantitative estimate of drug-likeness (QED) is 0.323. The molecule has 1 aliphatic heterocycles. The number of halogens is 1. The van der Waals surface area contributed by atoms with E-state index in [1.54, 1.807) is 11.8 Å². The van der Waals surface area contributed by atoms with Gasteiger partial charge < -0.3 is 19.7 Å². The molecule has 6 heteroatoms. The highest BCUT2D eigenvalue weighted by molar-refractivity contribution is 7.98. The van der Waals surface area contributed by atoms with Crippen LogP contribution in [0.3, 0.4) is 0 Å². The lowest BCUT2D eigenvalue weighted by Gasteiger charge is -2.64. The summed E-state index contributed by atoms with van der Waals surface area (Å²) in [5.41, 5.74) is 1.14. The zero-order chi connectivity index (χ0) is 26.3. The van der Waals surface area contributed by atoms with E-state index in [-0.39, 0.29) is 16.9 Å². The molecule has 0 amide bonds. The highest BCUT2D eigenvalue weighted by Gasteiger charge is 2.66. The first-order valence-corrected chi connectivity index (χ1v) is 15.8. The Morgan fingerprint density at radius 2 is 1.81 bits per heavy atom. The number of fused-ring (bicyclic) bond motifs is 5. The lowest BCUT2D eigenvalue weighted by molar-refractivity contribution is -0.343. The number of allylic oxidation sites excluding steroid dienone is 1. The molecular weight excluding hydrogens is 504 g/mol. The Morgan fingerprint density at radius 3 is 2.54 bits per heavy atom. The fourth-order valence-corrected chi connectivity index (χ4v) is 9.40. The number of benzene rings is 1. The van der Waals surface area contributed by atoms with E-state index in [0.29, 0.717) is 31.5 Å². The Balaban J connectivity index is 1.43. The van der Waals surface area contributed by atoms with Crippen LogP contribution in [0.4, 0.5) is 0 Å². The maximum atomic E-state index is 12.8.